The van der Waals surface area contributed by atoms with Crippen molar-refractivity contribution < 1.29 is 14.2 Å². The highest BCUT2D eigenvalue weighted by molar-refractivity contribution is 5.92. The van der Waals surface area contributed by atoms with Crippen molar-refractivity contribution in [2.45, 2.75) is 12.5 Å². The van der Waals surface area contributed by atoms with E-state index >= 15 is 0 Å². The predicted molar refractivity (Wildman–Crippen MR) is 117 cm³/mol. The topological polar surface area (TPSA) is 64.3 Å². The van der Waals surface area contributed by atoms with Crippen LogP contribution >= 0.6 is 0 Å². The molecule has 0 saturated heterocycles. The molecule has 0 bridgehead atoms. The maximum Gasteiger partial charge on any atom is 0.128 e. The van der Waals surface area contributed by atoms with Gasteiger partial charge in [0.2, 0.25) is 0 Å². The van der Waals surface area contributed by atoms with E-state index in [0.717, 1.165) is 52.6 Å². The van der Waals surface area contributed by atoms with E-state index in [4.69, 9.17) is 4.74 Å². The van der Waals surface area contributed by atoms with E-state index in [1.165, 1.54) is 17.7 Å². The SMILES string of the molecule is OC(COc1cccc2[nH]ccc12)CN1CC=C(c2c[nH]c3cc(F)ccc23)CC1. The highest BCUT2D eigenvalue weighted by Crippen LogP contribution is 2.30. The Morgan fingerprint density at radius 2 is 2.03 bits per heavy atom. The summed E-state index contributed by atoms with van der Waals surface area (Å²) in [6.07, 6.45) is 6.36. The third kappa shape index (κ3) is 3.72. The Morgan fingerprint density at radius 1 is 1.10 bits per heavy atom. The number of benzene rings is 2. The minimum absolute atomic E-state index is 0.233. The number of nitrogens with zero attached hydrogens (tertiary/aromatic N) is 1. The Morgan fingerprint density at radius 3 is 2.90 bits per heavy atom. The number of rotatable bonds is 6. The summed E-state index contributed by atoms with van der Waals surface area (Å²) in [6.45, 7) is 2.45. The standard InChI is InChI=1S/C24H24FN3O2/c25-17-4-5-19-21(13-27-23(19)12-17)16-7-10-28(11-8-16)14-18(29)15-30-24-3-1-2-22-20(24)6-9-26-22/h1-7,9,12-13,18,26-27,29H,8,10-11,14-15H2. The summed E-state index contributed by atoms with van der Waals surface area (Å²) in [5, 5.41) is 12.5. The van der Waals surface area contributed by atoms with Crippen molar-refractivity contribution in [2.24, 2.45) is 0 Å². The van der Waals surface area contributed by atoms with Crippen molar-refractivity contribution in [2.75, 3.05) is 26.2 Å². The summed E-state index contributed by atoms with van der Waals surface area (Å²) >= 11 is 0. The largest absolute Gasteiger partial charge is 0.490 e. The minimum atomic E-state index is -0.565. The molecule has 0 saturated carbocycles. The van der Waals surface area contributed by atoms with Gasteiger partial charge in [-0.15, -0.1) is 0 Å². The van der Waals surface area contributed by atoms with Crippen LogP contribution in [0.3, 0.4) is 0 Å². The molecule has 5 nitrogen and oxygen atoms in total. The van der Waals surface area contributed by atoms with Gasteiger partial charge < -0.3 is 19.8 Å². The number of aromatic amines is 2. The molecule has 30 heavy (non-hydrogen) atoms. The number of aliphatic hydroxyl groups excluding tert-OH is 1. The zero-order chi connectivity index (χ0) is 20.5. The Hall–Kier alpha value is -3.09. The predicted octanol–water partition coefficient (Wildman–Crippen LogP) is 4.32. The number of β-amino-alcohol motifs (C(OH)–C–C–N with tert-alkyl or cyclic N) is 1. The first kappa shape index (κ1) is 18.9. The van der Waals surface area contributed by atoms with Gasteiger partial charge in [0.15, 0.2) is 0 Å². The number of ether oxygens (including phenoxy) is 1. The van der Waals surface area contributed by atoms with Crippen LogP contribution in [0.4, 0.5) is 4.39 Å². The summed E-state index contributed by atoms with van der Waals surface area (Å²) in [7, 11) is 0. The fourth-order valence-electron chi connectivity index (χ4n) is 4.20. The van der Waals surface area contributed by atoms with Gasteiger partial charge >= 0.3 is 0 Å². The average Bonchev–Trinajstić information content (AvgIpc) is 3.39. The smallest absolute Gasteiger partial charge is 0.128 e. The number of H-pyrrole nitrogens is 2. The van der Waals surface area contributed by atoms with Gasteiger partial charge in [0.25, 0.3) is 0 Å². The minimum Gasteiger partial charge on any atom is -0.490 e. The molecule has 0 radical (unpaired) electrons. The fourth-order valence-corrected chi connectivity index (χ4v) is 4.20. The molecule has 2 aromatic heterocycles. The van der Waals surface area contributed by atoms with Crippen molar-refractivity contribution >= 4 is 27.4 Å². The molecule has 0 spiro atoms. The molecule has 0 aliphatic carbocycles. The summed E-state index contributed by atoms with van der Waals surface area (Å²) < 4.78 is 19.3. The molecule has 3 heterocycles. The maximum atomic E-state index is 13.4. The van der Waals surface area contributed by atoms with E-state index in [1.807, 2.05) is 42.7 Å². The van der Waals surface area contributed by atoms with Crippen LogP contribution in [-0.2, 0) is 0 Å². The van der Waals surface area contributed by atoms with E-state index in [-0.39, 0.29) is 12.4 Å². The second-order valence-corrected chi connectivity index (χ2v) is 7.79. The molecule has 0 fully saturated rings. The van der Waals surface area contributed by atoms with Crippen LogP contribution in [0, 0.1) is 5.82 Å². The van der Waals surface area contributed by atoms with Crippen LogP contribution in [0.5, 0.6) is 5.75 Å². The van der Waals surface area contributed by atoms with Gasteiger partial charge in [-0.3, -0.25) is 4.90 Å². The van der Waals surface area contributed by atoms with Crippen LogP contribution in [0.25, 0.3) is 27.4 Å². The van der Waals surface area contributed by atoms with E-state index in [0.29, 0.717) is 6.54 Å². The van der Waals surface area contributed by atoms with Crippen molar-refractivity contribution in [3.63, 3.8) is 0 Å². The second-order valence-electron chi connectivity index (χ2n) is 7.79. The Kier molecular flexibility index (Phi) is 5.02. The van der Waals surface area contributed by atoms with Gasteiger partial charge in [0.05, 0.1) is 0 Å². The summed E-state index contributed by atoms with van der Waals surface area (Å²) in [6, 6.07) is 12.7. The first-order valence-electron chi connectivity index (χ1n) is 10.2. The number of halogens is 1. The lowest BCUT2D eigenvalue weighted by atomic mass is 9.99. The van der Waals surface area contributed by atoms with Crippen LogP contribution in [0.1, 0.15) is 12.0 Å². The van der Waals surface area contributed by atoms with Crippen molar-refractivity contribution in [1.82, 2.24) is 14.9 Å². The van der Waals surface area contributed by atoms with Crippen molar-refractivity contribution in [3.8, 4) is 5.75 Å². The number of hydrogen-bond donors (Lipinski definition) is 3. The van der Waals surface area contributed by atoms with Crippen molar-refractivity contribution in [3.05, 3.63) is 72.3 Å². The first-order chi connectivity index (χ1) is 14.7. The lowest BCUT2D eigenvalue weighted by molar-refractivity contribution is 0.0722. The van der Waals surface area contributed by atoms with Crippen molar-refractivity contribution in [1.29, 1.82) is 0 Å². The fraction of sp³-hybridized carbons (Fsp3) is 0.250. The first-order valence-corrected chi connectivity index (χ1v) is 10.2. The Labute approximate surface area is 173 Å². The highest BCUT2D eigenvalue weighted by atomic mass is 19.1. The second kappa shape index (κ2) is 7.97. The molecule has 0 amide bonds. The van der Waals surface area contributed by atoms with Gasteiger partial charge in [0.1, 0.15) is 24.3 Å². The molecule has 2 aromatic carbocycles. The molecule has 1 aliphatic rings. The molecule has 4 aromatic rings. The molecule has 1 unspecified atom stereocenters. The zero-order valence-corrected chi connectivity index (χ0v) is 16.6. The number of hydrogen-bond acceptors (Lipinski definition) is 3. The lowest BCUT2D eigenvalue weighted by Crippen LogP contribution is -2.38. The van der Waals surface area contributed by atoms with Gasteiger partial charge in [-0.2, -0.15) is 0 Å². The molecule has 1 atom stereocenters. The van der Waals surface area contributed by atoms with Gasteiger partial charge in [0, 0.05) is 59.4 Å². The molecule has 1 aliphatic heterocycles. The normalized spacial score (nSPS) is 16.1. The quantitative estimate of drug-likeness (QED) is 0.448. The monoisotopic (exact) mass is 405 g/mol. The number of aliphatic hydroxyl groups is 1. The number of nitrogens with one attached hydrogen (secondary N) is 2. The molecular formula is C24H24FN3O2. The summed E-state index contributed by atoms with van der Waals surface area (Å²) in [4.78, 5) is 8.55. The lowest BCUT2D eigenvalue weighted by Gasteiger charge is -2.28. The molecule has 154 valence electrons. The third-order valence-electron chi connectivity index (χ3n) is 5.74. The highest BCUT2D eigenvalue weighted by Gasteiger charge is 2.18. The molecule has 6 heteroatoms. The average molecular weight is 405 g/mol. The Bertz CT molecular complexity index is 1210. The summed E-state index contributed by atoms with van der Waals surface area (Å²) in [5.41, 5.74) is 4.23. The van der Waals surface area contributed by atoms with E-state index in [1.54, 1.807) is 0 Å². The molecule has 3 N–H and O–H groups in total. The van der Waals surface area contributed by atoms with E-state index in [2.05, 4.69) is 20.9 Å². The van der Waals surface area contributed by atoms with Crippen LogP contribution in [-0.4, -0.2) is 52.3 Å². The zero-order valence-electron chi connectivity index (χ0n) is 16.6. The van der Waals surface area contributed by atoms with Crippen LogP contribution in [0.2, 0.25) is 0 Å². The van der Waals surface area contributed by atoms with E-state index in [9.17, 15) is 9.50 Å². The Balaban J connectivity index is 1.19. The summed E-state index contributed by atoms with van der Waals surface area (Å²) in [5.74, 6) is 0.549. The van der Waals surface area contributed by atoms with Gasteiger partial charge in [-0.05, 0) is 48.4 Å². The molecular weight excluding hydrogens is 381 g/mol. The third-order valence-corrected chi connectivity index (χ3v) is 5.74. The molecule has 5 rings (SSSR count). The van der Waals surface area contributed by atoms with Gasteiger partial charge in [-0.1, -0.05) is 12.1 Å². The van der Waals surface area contributed by atoms with Crippen LogP contribution < -0.4 is 4.74 Å². The maximum absolute atomic E-state index is 13.4. The van der Waals surface area contributed by atoms with Gasteiger partial charge in [-0.25, -0.2) is 4.39 Å². The van der Waals surface area contributed by atoms with E-state index < -0.39 is 6.10 Å². The van der Waals surface area contributed by atoms with Crippen LogP contribution in [0.15, 0.2) is 60.9 Å². The number of fused-ring (bicyclic) bond motifs is 2. The number of aromatic nitrogens is 2.